The molecule has 2 aromatic carbocycles. The molecule has 0 bridgehead atoms. The third kappa shape index (κ3) is 4.39. The van der Waals surface area contributed by atoms with Crippen molar-refractivity contribution in [1.82, 2.24) is 20.2 Å². The highest BCUT2D eigenvalue weighted by Gasteiger charge is 2.51. The summed E-state index contributed by atoms with van der Waals surface area (Å²) in [7, 11) is 3.95. The zero-order chi connectivity index (χ0) is 22.8. The first kappa shape index (κ1) is 21.3. The van der Waals surface area contributed by atoms with Crippen molar-refractivity contribution in [1.29, 1.82) is 5.26 Å². The molecule has 0 spiro atoms. The highest BCUT2D eigenvalue weighted by Crippen LogP contribution is 2.35. The molecule has 3 heterocycles. The summed E-state index contributed by atoms with van der Waals surface area (Å²) < 4.78 is 19.9. The van der Waals surface area contributed by atoms with Gasteiger partial charge in [0.25, 0.3) is 0 Å². The lowest BCUT2D eigenvalue weighted by atomic mass is 10.1. The van der Waals surface area contributed by atoms with Crippen LogP contribution in [0, 0.1) is 11.3 Å². The van der Waals surface area contributed by atoms with Gasteiger partial charge in [0.1, 0.15) is 43.2 Å². The Morgan fingerprint density at radius 1 is 1.15 bits per heavy atom. The van der Waals surface area contributed by atoms with Crippen LogP contribution >= 0.6 is 0 Å². The van der Waals surface area contributed by atoms with E-state index in [1.165, 1.54) is 0 Å². The van der Waals surface area contributed by atoms with Crippen LogP contribution < -0.4 is 15.0 Å². The highest BCUT2D eigenvalue weighted by atomic mass is 16.6. The molecule has 0 unspecified atom stereocenters. The number of nitrogens with zero attached hydrogens (tertiary/aromatic N) is 6. The van der Waals surface area contributed by atoms with Crippen LogP contribution in [-0.2, 0) is 16.0 Å². The van der Waals surface area contributed by atoms with Crippen LogP contribution in [0.1, 0.15) is 17.2 Å². The van der Waals surface area contributed by atoms with E-state index in [0.717, 1.165) is 17.8 Å². The van der Waals surface area contributed by atoms with Gasteiger partial charge >= 0.3 is 6.01 Å². The van der Waals surface area contributed by atoms with E-state index >= 15 is 0 Å². The SMILES string of the molecule is CN(C)c1cccc(Oc2nnnn2[C@H]2CO[C@H]3[C@@H]2OC[C@@H]3[NH2+]Cc2cccc(C#N)c2)c1. The zero-order valence-corrected chi connectivity index (χ0v) is 18.5. The molecular weight excluding hydrogens is 422 g/mol. The predicted octanol–water partition coefficient (Wildman–Crippen LogP) is 0.874. The van der Waals surface area contributed by atoms with Gasteiger partial charge < -0.3 is 24.4 Å². The summed E-state index contributed by atoms with van der Waals surface area (Å²) in [4.78, 5) is 2.00. The standard InChI is InChI=1S/C23H25N7O3/c1-29(2)17-7-4-8-18(10-17)33-23-26-27-28-30(23)20-14-32-21-19(13-31-22(20)21)25-12-16-6-3-5-15(9-16)11-24/h3-10,19-22,25H,12-14H2,1-2H3/p+1/t19-,20-,21+,22+/m0/s1. The van der Waals surface area contributed by atoms with E-state index in [4.69, 9.17) is 19.5 Å². The first-order chi connectivity index (χ1) is 16.1. The minimum atomic E-state index is -0.169. The minimum Gasteiger partial charge on any atom is -0.423 e. The molecule has 10 heteroatoms. The third-order valence-electron chi connectivity index (χ3n) is 6.10. The summed E-state index contributed by atoms with van der Waals surface area (Å²) in [6, 6.07) is 17.9. The maximum atomic E-state index is 9.11. The van der Waals surface area contributed by atoms with Gasteiger partial charge in [0.05, 0.1) is 18.2 Å². The van der Waals surface area contributed by atoms with Crippen LogP contribution in [0.2, 0.25) is 0 Å². The first-order valence-electron chi connectivity index (χ1n) is 10.9. The Hall–Kier alpha value is -3.52. The Balaban J connectivity index is 1.25. The molecule has 170 valence electrons. The summed E-state index contributed by atoms with van der Waals surface area (Å²) in [5, 5.41) is 23.4. The molecule has 4 atom stereocenters. The molecule has 0 radical (unpaired) electrons. The fourth-order valence-electron chi connectivity index (χ4n) is 4.37. The maximum Gasteiger partial charge on any atom is 0.341 e. The molecule has 2 saturated heterocycles. The van der Waals surface area contributed by atoms with Gasteiger partial charge in [0.2, 0.25) is 0 Å². The molecule has 1 aromatic heterocycles. The molecule has 5 rings (SSSR count). The van der Waals surface area contributed by atoms with Gasteiger partial charge in [-0.3, -0.25) is 0 Å². The van der Waals surface area contributed by atoms with E-state index in [0.29, 0.717) is 30.5 Å². The van der Waals surface area contributed by atoms with Crippen molar-refractivity contribution in [2.45, 2.75) is 30.8 Å². The lowest BCUT2D eigenvalue weighted by Gasteiger charge is -2.17. The number of quaternary nitrogens is 1. The maximum absolute atomic E-state index is 9.11. The van der Waals surface area contributed by atoms with Crippen molar-refractivity contribution in [2.24, 2.45) is 0 Å². The Labute approximate surface area is 191 Å². The highest BCUT2D eigenvalue weighted by molar-refractivity contribution is 5.49. The average Bonchev–Trinajstić information content (AvgIpc) is 3.55. The molecular formula is C23H26N7O3+. The van der Waals surface area contributed by atoms with Crippen molar-refractivity contribution in [2.75, 3.05) is 32.2 Å². The van der Waals surface area contributed by atoms with Crippen molar-refractivity contribution in [3.63, 3.8) is 0 Å². The van der Waals surface area contributed by atoms with E-state index in [1.54, 1.807) is 4.68 Å². The first-order valence-corrected chi connectivity index (χ1v) is 10.9. The van der Waals surface area contributed by atoms with Crippen LogP contribution in [0.3, 0.4) is 0 Å². The number of anilines is 1. The number of fused-ring (bicyclic) bond motifs is 1. The number of hydrogen-bond acceptors (Lipinski definition) is 8. The van der Waals surface area contributed by atoms with E-state index in [9.17, 15) is 0 Å². The number of nitriles is 1. The second-order valence-electron chi connectivity index (χ2n) is 8.48. The van der Waals surface area contributed by atoms with E-state index < -0.39 is 0 Å². The van der Waals surface area contributed by atoms with Crippen LogP contribution in [-0.4, -0.2) is 65.8 Å². The second-order valence-corrected chi connectivity index (χ2v) is 8.48. The topological polar surface area (TPSA) is 115 Å². The van der Waals surface area contributed by atoms with Crippen LogP contribution in [0.25, 0.3) is 0 Å². The summed E-state index contributed by atoms with van der Waals surface area (Å²) in [5.74, 6) is 0.658. The Morgan fingerprint density at radius 2 is 2.00 bits per heavy atom. The smallest absolute Gasteiger partial charge is 0.341 e. The summed E-state index contributed by atoms with van der Waals surface area (Å²) in [5.41, 5.74) is 2.79. The van der Waals surface area contributed by atoms with Crippen molar-refractivity contribution >= 4 is 5.69 Å². The normalized spacial score (nSPS) is 23.8. The number of nitrogens with two attached hydrogens (primary N) is 1. The zero-order valence-electron chi connectivity index (χ0n) is 18.5. The Bertz CT molecular complexity index is 1160. The van der Waals surface area contributed by atoms with E-state index in [2.05, 4.69) is 26.9 Å². The van der Waals surface area contributed by atoms with Gasteiger partial charge in [-0.05, 0) is 34.7 Å². The van der Waals surface area contributed by atoms with Crippen molar-refractivity contribution in [3.8, 4) is 17.8 Å². The van der Waals surface area contributed by atoms with Gasteiger partial charge in [-0.25, -0.2) is 0 Å². The number of ether oxygens (including phenoxy) is 3. The number of tetrazole rings is 1. The average molecular weight is 449 g/mol. The van der Waals surface area contributed by atoms with E-state index in [1.807, 2.05) is 67.5 Å². The monoisotopic (exact) mass is 448 g/mol. The molecule has 3 aromatic rings. The molecule has 0 amide bonds. The quantitative estimate of drug-likeness (QED) is 0.566. The second kappa shape index (κ2) is 9.15. The molecule has 2 fully saturated rings. The minimum absolute atomic E-state index is 0.0664. The molecule has 2 aliphatic rings. The Kier molecular flexibility index (Phi) is 5.92. The van der Waals surface area contributed by atoms with Gasteiger partial charge in [-0.2, -0.15) is 9.94 Å². The van der Waals surface area contributed by atoms with Gasteiger partial charge in [-0.15, -0.1) is 0 Å². The molecule has 2 aliphatic heterocycles. The number of benzene rings is 2. The molecule has 0 aliphatic carbocycles. The van der Waals surface area contributed by atoms with Gasteiger partial charge in [-0.1, -0.05) is 23.3 Å². The lowest BCUT2D eigenvalue weighted by molar-refractivity contribution is -0.707. The molecule has 33 heavy (non-hydrogen) atoms. The lowest BCUT2D eigenvalue weighted by Crippen LogP contribution is -2.91. The predicted molar refractivity (Wildman–Crippen MR) is 118 cm³/mol. The fourth-order valence-corrected chi connectivity index (χ4v) is 4.37. The summed E-state index contributed by atoms with van der Waals surface area (Å²) in [6.45, 7) is 1.78. The molecule has 2 N–H and O–H groups in total. The van der Waals surface area contributed by atoms with Gasteiger partial charge in [0.15, 0.2) is 0 Å². The molecule has 0 saturated carbocycles. The third-order valence-corrected chi connectivity index (χ3v) is 6.10. The van der Waals surface area contributed by atoms with Crippen LogP contribution in [0.15, 0.2) is 48.5 Å². The number of aromatic nitrogens is 4. The fraction of sp³-hybridized carbons (Fsp3) is 0.391. The molecule has 10 nitrogen and oxygen atoms in total. The van der Waals surface area contributed by atoms with Crippen molar-refractivity contribution in [3.05, 3.63) is 59.7 Å². The van der Waals surface area contributed by atoms with E-state index in [-0.39, 0.29) is 24.3 Å². The summed E-state index contributed by atoms with van der Waals surface area (Å²) >= 11 is 0. The van der Waals surface area contributed by atoms with Crippen molar-refractivity contribution < 1.29 is 19.5 Å². The van der Waals surface area contributed by atoms with Crippen LogP contribution in [0.4, 0.5) is 5.69 Å². The largest absolute Gasteiger partial charge is 0.423 e. The number of rotatable bonds is 7. The number of hydrogen-bond donors (Lipinski definition) is 1. The summed E-state index contributed by atoms with van der Waals surface area (Å²) in [6.07, 6.45) is -0.223. The van der Waals surface area contributed by atoms with Gasteiger partial charge in [0, 0.05) is 31.4 Å². The van der Waals surface area contributed by atoms with Crippen LogP contribution in [0.5, 0.6) is 11.8 Å². The Morgan fingerprint density at radius 3 is 2.85 bits per heavy atom.